The summed E-state index contributed by atoms with van der Waals surface area (Å²) in [5.41, 5.74) is 0. The van der Waals surface area contributed by atoms with Crippen molar-refractivity contribution in [1.29, 1.82) is 0 Å². The Labute approximate surface area is 303 Å². The molecule has 0 aromatic heterocycles. The molecule has 0 rings (SSSR count). The van der Waals surface area contributed by atoms with Crippen molar-refractivity contribution in [3.63, 3.8) is 0 Å². The lowest BCUT2D eigenvalue weighted by molar-refractivity contribution is -0.167. The molecule has 1 atom stereocenters. The van der Waals surface area contributed by atoms with Gasteiger partial charge in [0.05, 0.1) is 0 Å². The summed E-state index contributed by atoms with van der Waals surface area (Å²) in [7, 11) is 0. The van der Waals surface area contributed by atoms with Gasteiger partial charge < -0.3 is 14.2 Å². The maximum atomic E-state index is 12.6. The molecule has 0 saturated heterocycles. The third-order valence-corrected chi connectivity index (χ3v) is 9.27. The normalized spacial score (nSPS) is 12.0. The zero-order valence-corrected chi connectivity index (χ0v) is 32.7. The zero-order valence-electron chi connectivity index (χ0n) is 32.7. The Morgan fingerprint density at radius 3 is 1.06 bits per heavy atom. The molecule has 0 aliphatic heterocycles. The second-order valence-corrected chi connectivity index (χ2v) is 14.3. The Morgan fingerprint density at radius 1 is 0.388 bits per heavy atom. The van der Waals surface area contributed by atoms with Crippen molar-refractivity contribution in [2.45, 2.75) is 232 Å². The van der Waals surface area contributed by atoms with E-state index in [2.05, 4.69) is 32.9 Å². The smallest absolute Gasteiger partial charge is 0.306 e. The number of carbonyl (C=O) groups is 3. The van der Waals surface area contributed by atoms with Gasteiger partial charge in [0.25, 0.3) is 0 Å². The highest BCUT2D eigenvalue weighted by Gasteiger charge is 2.19. The second-order valence-electron chi connectivity index (χ2n) is 14.3. The largest absolute Gasteiger partial charge is 0.462 e. The van der Waals surface area contributed by atoms with E-state index in [4.69, 9.17) is 14.2 Å². The monoisotopic (exact) mass is 693 g/mol. The van der Waals surface area contributed by atoms with Crippen molar-refractivity contribution in [2.75, 3.05) is 13.2 Å². The maximum absolute atomic E-state index is 12.6. The third-order valence-electron chi connectivity index (χ3n) is 9.27. The molecule has 0 N–H and O–H groups in total. The topological polar surface area (TPSA) is 78.9 Å². The fourth-order valence-electron chi connectivity index (χ4n) is 6.02. The third kappa shape index (κ3) is 37.2. The van der Waals surface area contributed by atoms with Gasteiger partial charge >= 0.3 is 17.9 Å². The molecule has 0 fully saturated rings. The van der Waals surface area contributed by atoms with Crippen LogP contribution in [0.25, 0.3) is 0 Å². The van der Waals surface area contributed by atoms with Crippen molar-refractivity contribution < 1.29 is 28.6 Å². The molecule has 0 aliphatic carbocycles. The van der Waals surface area contributed by atoms with Gasteiger partial charge in [-0.05, 0) is 44.9 Å². The van der Waals surface area contributed by atoms with Crippen molar-refractivity contribution in [3.8, 4) is 0 Å². The maximum Gasteiger partial charge on any atom is 0.306 e. The minimum absolute atomic E-state index is 0.0705. The minimum atomic E-state index is -0.763. The first-order chi connectivity index (χ1) is 24.0. The predicted molar refractivity (Wildman–Crippen MR) is 206 cm³/mol. The molecule has 0 spiro atoms. The van der Waals surface area contributed by atoms with Gasteiger partial charge in [-0.25, -0.2) is 0 Å². The molecule has 0 amide bonds. The first kappa shape index (κ1) is 47.1. The highest BCUT2D eigenvalue weighted by molar-refractivity contribution is 5.71. The molecule has 6 nitrogen and oxygen atoms in total. The summed E-state index contributed by atoms with van der Waals surface area (Å²) in [5, 5.41) is 0. The van der Waals surface area contributed by atoms with E-state index >= 15 is 0 Å². The lowest BCUT2D eigenvalue weighted by atomic mass is 10.0. The molecule has 0 aromatic carbocycles. The molecule has 0 saturated carbocycles. The van der Waals surface area contributed by atoms with Crippen LogP contribution in [0.4, 0.5) is 0 Å². The Morgan fingerprint density at radius 2 is 0.673 bits per heavy atom. The number of carbonyl (C=O) groups excluding carboxylic acids is 3. The molecule has 0 bridgehead atoms. The number of hydrogen-bond donors (Lipinski definition) is 0. The lowest BCUT2D eigenvalue weighted by Crippen LogP contribution is -2.30. The van der Waals surface area contributed by atoms with Crippen LogP contribution in [0, 0.1) is 0 Å². The molecule has 49 heavy (non-hydrogen) atoms. The second kappa shape index (κ2) is 38.9. The lowest BCUT2D eigenvalue weighted by Gasteiger charge is -2.18. The van der Waals surface area contributed by atoms with Gasteiger partial charge in [0.2, 0.25) is 0 Å². The van der Waals surface area contributed by atoms with E-state index in [-0.39, 0.29) is 31.1 Å². The van der Waals surface area contributed by atoms with Gasteiger partial charge in [-0.3, -0.25) is 14.4 Å². The van der Waals surface area contributed by atoms with Gasteiger partial charge in [0.1, 0.15) is 13.2 Å². The average molecular weight is 693 g/mol. The van der Waals surface area contributed by atoms with Gasteiger partial charge in [-0.1, -0.05) is 174 Å². The zero-order chi connectivity index (χ0) is 35.9. The summed E-state index contributed by atoms with van der Waals surface area (Å²) < 4.78 is 16.5. The van der Waals surface area contributed by atoms with E-state index in [9.17, 15) is 14.4 Å². The molecule has 1 unspecified atom stereocenters. The summed E-state index contributed by atoms with van der Waals surface area (Å²) >= 11 is 0. The molecule has 0 aromatic rings. The Balaban J connectivity index is 4.23. The summed E-state index contributed by atoms with van der Waals surface area (Å²) in [5.74, 6) is -0.890. The number of rotatable bonds is 38. The molecule has 0 heterocycles. The first-order valence-corrected chi connectivity index (χ1v) is 21.2. The highest BCUT2D eigenvalue weighted by Crippen LogP contribution is 2.15. The van der Waals surface area contributed by atoms with Crippen LogP contribution in [-0.2, 0) is 28.6 Å². The highest BCUT2D eigenvalue weighted by atomic mass is 16.6. The summed E-state index contributed by atoms with van der Waals surface area (Å²) in [4.78, 5) is 37.3. The van der Waals surface area contributed by atoms with Crippen LogP contribution in [0.2, 0.25) is 0 Å². The molecule has 0 aliphatic rings. The Bertz CT molecular complexity index is 763. The molecule has 0 radical (unpaired) electrons. The van der Waals surface area contributed by atoms with Crippen LogP contribution in [0.15, 0.2) is 12.2 Å². The van der Waals surface area contributed by atoms with Crippen molar-refractivity contribution >= 4 is 17.9 Å². The van der Waals surface area contributed by atoms with E-state index in [0.29, 0.717) is 19.3 Å². The van der Waals surface area contributed by atoms with E-state index < -0.39 is 6.10 Å². The summed E-state index contributed by atoms with van der Waals surface area (Å²) in [6, 6.07) is 0. The molecular formula is C43H80O6. The fourth-order valence-corrected chi connectivity index (χ4v) is 6.02. The van der Waals surface area contributed by atoms with Crippen LogP contribution < -0.4 is 0 Å². The van der Waals surface area contributed by atoms with E-state index in [0.717, 1.165) is 70.6 Å². The number of unbranched alkanes of at least 4 members (excludes halogenated alkanes) is 25. The van der Waals surface area contributed by atoms with Gasteiger partial charge in [0.15, 0.2) is 6.10 Å². The number of allylic oxidation sites excluding steroid dienone is 2. The summed E-state index contributed by atoms with van der Waals surface area (Å²) in [6.07, 6.45) is 39.3. The SMILES string of the molecule is CCCCC/C=C\CCCCCCCC(=O)OC(COC(=O)CCCCCCC)COC(=O)CCCCCCCCCCCCCCCC. The number of hydrogen-bond acceptors (Lipinski definition) is 6. The quantitative estimate of drug-likeness (QED) is 0.0277. The van der Waals surface area contributed by atoms with Crippen molar-refractivity contribution in [3.05, 3.63) is 12.2 Å². The van der Waals surface area contributed by atoms with E-state index in [1.165, 1.54) is 116 Å². The summed E-state index contributed by atoms with van der Waals surface area (Å²) in [6.45, 7) is 6.52. The molecular weight excluding hydrogens is 612 g/mol. The van der Waals surface area contributed by atoms with E-state index in [1.54, 1.807) is 0 Å². The van der Waals surface area contributed by atoms with Crippen LogP contribution in [0.5, 0.6) is 0 Å². The van der Waals surface area contributed by atoms with E-state index in [1.807, 2.05) is 0 Å². The fraction of sp³-hybridized carbons (Fsp3) is 0.884. The molecule has 6 heteroatoms. The average Bonchev–Trinajstić information content (AvgIpc) is 3.09. The molecule has 288 valence electrons. The van der Waals surface area contributed by atoms with Crippen LogP contribution in [0.1, 0.15) is 226 Å². The number of ether oxygens (including phenoxy) is 3. The standard InChI is InChI=1S/C43H80O6/c1-4-7-10-13-15-17-19-21-22-24-25-27-30-33-36-42(45)48-39-40(38-47-41(44)35-32-29-12-9-6-3)49-43(46)37-34-31-28-26-23-20-18-16-14-11-8-5-2/h16,18,40H,4-15,17,19-39H2,1-3H3/b18-16-. The predicted octanol–water partition coefficient (Wildman–Crippen LogP) is 13.1. The van der Waals surface area contributed by atoms with Crippen molar-refractivity contribution in [2.24, 2.45) is 0 Å². The van der Waals surface area contributed by atoms with Gasteiger partial charge in [-0.2, -0.15) is 0 Å². The minimum Gasteiger partial charge on any atom is -0.462 e. The van der Waals surface area contributed by atoms with Crippen LogP contribution >= 0.6 is 0 Å². The van der Waals surface area contributed by atoms with Gasteiger partial charge in [0, 0.05) is 19.3 Å². The Hall–Kier alpha value is -1.85. The Kier molecular flexibility index (Phi) is 37.5. The van der Waals surface area contributed by atoms with Crippen molar-refractivity contribution in [1.82, 2.24) is 0 Å². The number of esters is 3. The van der Waals surface area contributed by atoms with Gasteiger partial charge in [-0.15, -0.1) is 0 Å². The van der Waals surface area contributed by atoms with Crippen LogP contribution in [0.3, 0.4) is 0 Å². The first-order valence-electron chi connectivity index (χ1n) is 21.2. The van der Waals surface area contributed by atoms with Crippen LogP contribution in [-0.4, -0.2) is 37.2 Å².